The van der Waals surface area contributed by atoms with E-state index in [0.29, 0.717) is 6.42 Å². The predicted octanol–water partition coefficient (Wildman–Crippen LogP) is 2.61. The minimum atomic E-state index is -0.924. The molecule has 0 unspecified atom stereocenters. The highest BCUT2D eigenvalue weighted by atomic mass is 16.4. The number of benzene rings is 1. The number of hydrogen-bond donors (Lipinski definition) is 1. The highest BCUT2D eigenvalue weighted by Crippen LogP contribution is 2.02. The molecule has 17 heavy (non-hydrogen) atoms. The molecule has 0 spiro atoms. The van der Waals surface area contributed by atoms with E-state index in [9.17, 15) is 9.59 Å². The van der Waals surface area contributed by atoms with Crippen LogP contribution in [0.25, 0.3) is 0 Å². The first-order chi connectivity index (χ1) is 8.18. The summed E-state index contributed by atoms with van der Waals surface area (Å²) in [6.45, 7) is 0. The Morgan fingerprint density at radius 1 is 1.06 bits per heavy atom. The molecule has 0 aliphatic rings. The number of carboxylic acid groups (broad SMARTS) is 1. The summed E-state index contributed by atoms with van der Waals surface area (Å²) >= 11 is 0. The zero-order valence-electron chi connectivity index (χ0n) is 9.63. The summed E-state index contributed by atoms with van der Waals surface area (Å²) in [5.74, 6) is -0.955. The third kappa shape index (κ3) is 6.30. The molecule has 1 aromatic carbocycles. The van der Waals surface area contributed by atoms with Gasteiger partial charge in [-0.2, -0.15) is 0 Å². The molecule has 90 valence electrons. The molecular weight excluding hydrogens is 216 g/mol. The lowest BCUT2D eigenvalue weighted by atomic mass is 10.1. The van der Waals surface area contributed by atoms with Crippen LogP contribution in [-0.2, 0) is 16.0 Å². The first kappa shape index (κ1) is 13.2. The van der Waals surface area contributed by atoms with Gasteiger partial charge in [-0.05, 0) is 12.0 Å². The van der Waals surface area contributed by atoms with E-state index in [1.54, 1.807) is 6.08 Å². The molecule has 0 radical (unpaired) electrons. The van der Waals surface area contributed by atoms with Crippen LogP contribution in [0, 0.1) is 0 Å². The lowest BCUT2D eigenvalue weighted by molar-refractivity contribution is -0.138. The Bertz CT molecular complexity index is 393. The minimum absolute atomic E-state index is 0.0308. The van der Waals surface area contributed by atoms with Gasteiger partial charge in [-0.25, -0.2) is 0 Å². The number of allylic oxidation sites excluding steroid dienone is 2. The molecule has 3 heteroatoms. The van der Waals surface area contributed by atoms with Gasteiger partial charge in [0.2, 0.25) is 0 Å². The quantitative estimate of drug-likeness (QED) is 0.735. The summed E-state index contributed by atoms with van der Waals surface area (Å²) in [7, 11) is 0. The van der Waals surface area contributed by atoms with Crippen LogP contribution in [0.4, 0.5) is 0 Å². The van der Waals surface area contributed by atoms with E-state index in [1.165, 1.54) is 5.56 Å². The fourth-order valence-corrected chi connectivity index (χ4v) is 1.40. The Balaban J connectivity index is 2.22. The monoisotopic (exact) mass is 232 g/mol. The highest BCUT2D eigenvalue weighted by Gasteiger charge is 2.02. The van der Waals surface area contributed by atoms with E-state index in [-0.39, 0.29) is 18.6 Å². The van der Waals surface area contributed by atoms with Crippen LogP contribution < -0.4 is 0 Å². The van der Waals surface area contributed by atoms with Crippen molar-refractivity contribution >= 4 is 11.8 Å². The molecule has 1 aromatic rings. The molecule has 0 aromatic heterocycles. The Kier molecular flexibility index (Phi) is 5.72. The van der Waals surface area contributed by atoms with Crippen LogP contribution in [0.15, 0.2) is 42.5 Å². The molecule has 0 aliphatic carbocycles. The van der Waals surface area contributed by atoms with Gasteiger partial charge in [-0.1, -0.05) is 42.5 Å². The number of carboxylic acids is 1. The van der Waals surface area contributed by atoms with E-state index in [2.05, 4.69) is 0 Å². The lowest BCUT2D eigenvalue weighted by Crippen LogP contribution is -2.01. The van der Waals surface area contributed by atoms with Crippen LogP contribution in [0.2, 0.25) is 0 Å². The zero-order chi connectivity index (χ0) is 12.5. The number of Topliss-reactive ketones (excluding diaryl/α,β-unsaturated/α-hetero) is 1. The summed E-state index contributed by atoms with van der Waals surface area (Å²) in [6, 6.07) is 9.96. The lowest BCUT2D eigenvalue weighted by Gasteiger charge is -1.95. The fourth-order valence-electron chi connectivity index (χ4n) is 1.40. The second kappa shape index (κ2) is 7.39. The standard InChI is InChI=1S/C14H16O3/c15-13(10-11-14(16)17)9-5-4-8-12-6-2-1-3-7-12/h1-7H,8-11H2,(H,16,17). The molecule has 0 saturated heterocycles. The number of ketones is 1. The number of carbonyl (C=O) groups excluding carboxylic acids is 1. The Morgan fingerprint density at radius 3 is 2.41 bits per heavy atom. The molecule has 3 nitrogen and oxygen atoms in total. The van der Waals surface area contributed by atoms with E-state index in [4.69, 9.17) is 5.11 Å². The molecule has 0 aliphatic heterocycles. The smallest absolute Gasteiger partial charge is 0.303 e. The van der Waals surface area contributed by atoms with E-state index in [1.807, 2.05) is 36.4 Å². The third-order valence-corrected chi connectivity index (χ3v) is 2.33. The summed E-state index contributed by atoms with van der Waals surface area (Å²) in [6.07, 6.45) is 4.90. The van der Waals surface area contributed by atoms with Crippen molar-refractivity contribution < 1.29 is 14.7 Å². The summed E-state index contributed by atoms with van der Waals surface area (Å²) in [5, 5.41) is 8.41. The molecule has 0 heterocycles. The van der Waals surface area contributed by atoms with E-state index < -0.39 is 5.97 Å². The predicted molar refractivity (Wildman–Crippen MR) is 65.8 cm³/mol. The first-order valence-electron chi connectivity index (χ1n) is 5.61. The van der Waals surface area contributed by atoms with Gasteiger partial charge in [0.1, 0.15) is 5.78 Å². The normalized spacial score (nSPS) is 10.6. The average molecular weight is 232 g/mol. The van der Waals surface area contributed by atoms with Gasteiger partial charge in [0.05, 0.1) is 6.42 Å². The Morgan fingerprint density at radius 2 is 1.76 bits per heavy atom. The van der Waals surface area contributed by atoms with Gasteiger partial charge in [-0.15, -0.1) is 0 Å². The maximum atomic E-state index is 11.2. The van der Waals surface area contributed by atoms with E-state index in [0.717, 1.165) is 6.42 Å². The van der Waals surface area contributed by atoms with Crippen LogP contribution in [0.5, 0.6) is 0 Å². The van der Waals surface area contributed by atoms with Crippen molar-refractivity contribution in [3.63, 3.8) is 0 Å². The van der Waals surface area contributed by atoms with Crippen LogP contribution in [-0.4, -0.2) is 16.9 Å². The maximum Gasteiger partial charge on any atom is 0.303 e. The topological polar surface area (TPSA) is 54.4 Å². The average Bonchev–Trinajstić information content (AvgIpc) is 2.33. The maximum absolute atomic E-state index is 11.2. The molecule has 0 fully saturated rings. The van der Waals surface area contributed by atoms with Gasteiger partial charge >= 0.3 is 5.97 Å². The van der Waals surface area contributed by atoms with Crippen molar-refractivity contribution in [1.29, 1.82) is 0 Å². The molecule has 0 amide bonds. The molecule has 1 N–H and O–H groups in total. The van der Waals surface area contributed by atoms with Crippen molar-refractivity contribution in [2.24, 2.45) is 0 Å². The third-order valence-electron chi connectivity index (χ3n) is 2.33. The number of rotatable bonds is 7. The van der Waals surface area contributed by atoms with Gasteiger partial charge in [-0.3, -0.25) is 9.59 Å². The van der Waals surface area contributed by atoms with E-state index >= 15 is 0 Å². The zero-order valence-corrected chi connectivity index (χ0v) is 9.63. The fraction of sp³-hybridized carbons (Fsp3) is 0.286. The van der Waals surface area contributed by atoms with Gasteiger partial charge in [0, 0.05) is 12.8 Å². The second-order valence-electron chi connectivity index (χ2n) is 3.80. The highest BCUT2D eigenvalue weighted by molar-refractivity contribution is 5.83. The SMILES string of the molecule is O=C(O)CCC(=O)CC=CCc1ccccc1. The largest absolute Gasteiger partial charge is 0.481 e. The minimum Gasteiger partial charge on any atom is -0.481 e. The molecule has 0 atom stereocenters. The van der Waals surface area contributed by atoms with Gasteiger partial charge in [0.25, 0.3) is 0 Å². The number of carbonyl (C=O) groups is 2. The van der Waals surface area contributed by atoms with Crippen LogP contribution in [0.1, 0.15) is 24.8 Å². The molecular formula is C14H16O3. The summed E-state index contributed by atoms with van der Waals surface area (Å²) in [5.41, 5.74) is 1.20. The Hall–Kier alpha value is -1.90. The van der Waals surface area contributed by atoms with Crippen molar-refractivity contribution in [3.8, 4) is 0 Å². The Labute approximate surface area is 101 Å². The molecule has 0 bridgehead atoms. The van der Waals surface area contributed by atoms with Crippen LogP contribution >= 0.6 is 0 Å². The van der Waals surface area contributed by atoms with Gasteiger partial charge in [0.15, 0.2) is 0 Å². The number of hydrogen-bond acceptors (Lipinski definition) is 2. The summed E-state index contributed by atoms with van der Waals surface area (Å²) in [4.78, 5) is 21.5. The molecule has 0 saturated carbocycles. The first-order valence-corrected chi connectivity index (χ1v) is 5.61. The van der Waals surface area contributed by atoms with Crippen LogP contribution in [0.3, 0.4) is 0 Å². The van der Waals surface area contributed by atoms with Crippen molar-refractivity contribution in [2.75, 3.05) is 0 Å². The van der Waals surface area contributed by atoms with Crippen molar-refractivity contribution in [2.45, 2.75) is 25.7 Å². The molecule has 1 rings (SSSR count). The second-order valence-corrected chi connectivity index (χ2v) is 3.80. The van der Waals surface area contributed by atoms with Gasteiger partial charge < -0.3 is 5.11 Å². The van der Waals surface area contributed by atoms with Crippen molar-refractivity contribution in [1.82, 2.24) is 0 Å². The summed E-state index contributed by atoms with van der Waals surface area (Å²) < 4.78 is 0. The van der Waals surface area contributed by atoms with Crippen molar-refractivity contribution in [3.05, 3.63) is 48.0 Å². The number of aliphatic carboxylic acids is 1.